The maximum Gasteiger partial charge on any atom is 0.224 e. The molecule has 25 heavy (non-hydrogen) atoms. The van der Waals surface area contributed by atoms with Gasteiger partial charge in [-0.25, -0.2) is 4.98 Å². The number of nitrogens with one attached hydrogen (secondary N) is 2. The minimum absolute atomic E-state index is 0.476. The molecule has 2 heterocycles. The minimum Gasteiger partial charge on any atom is -0.367 e. The summed E-state index contributed by atoms with van der Waals surface area (Å²) in [4.78, 5) is 9.21. The molecule has 1 aliphatic rings. The fraction of sp³-hybridized carbons (Fsp3) is 0.579. The number of hydrogen-bond donors (Lipinski definition) is 2. The summed E-state index contributed by atoms with van der Waals surface area (Å²) in [5.41, 5.74) is 2.63. The summed E-state index contributed by atoms with van der Waals surface area (Å²) in [6, 6.07) is 4.43. The second-order valence-electron chi connectivity index (χ2n) is 6.78. The molecule has 2 aromatic heterocycles. The molecule has 3 rings (SSSR count). The maximum absolute atomic E-state index is 4.74. The average molecular weight is 340 g/mol. The van der Waals surface area contributed by atoms with E-state index in [1.165, 1.54) is 32.1 Å². The van der Waals surface area contributed by atoms with Crippen LogP contribution in [0.3, 0.4) is 0 Å². The van der Waals surface area contributed by atoms with E-state index in [9.17, 15) is 0 Å². The summed E-state index contributed by atoms with van der Waals surface area (Å²) in [6.45, 7) is 5.01. The predicted octanol–water partition coefficient (Wildman–Crippen LogP) is 4.20. The zero-order valence-electron chi connectivity index (χ0n) is 15.3. The van der Waals surface area contributed by atoms with Gasteiger partial charge in [-0.1, -0.05) is 32.6 Å². The van der Waals surface area contributed by atoms with Crippen LogP contribution in [0.5, 0.6) is 0 Å². The van der Waals surface area contributed by atoms with E-state index >= 15 is 0 Å². The van der Waals surface area contributed by atoms with Crippen molar-refractivity contribution in [1.82, 2.24) is 20.2 Å². The van der Waals surface area contributed by atoms with E-state index in [4.69, 9.17) is 4.98 Å². The third-order valence-electron chi connectivity index (χ3n) is 4.62. The number of aryl methyl sites for hydroxylation is 1. The van der Waals surface area contributed by atoms with Gasteiger partial charge in [-0.3, -0.25) is 0 Å². The molecular formula is C19H28N6. The number of nitrogens with zero attached hydrogens (tertiary/aromatic N) is 4. The van der Waals surface area contributed by atoms with Gasteiger partial charge in [-0.2, -0.15) is 15.2 Å². The Bertz CT molecular complexity index is 664. The van der Waals surface area contributed by atoms with Crippen molar-refractivity contribution in [1.29, 1.82) is 0 Å². The summed E-state index contributed by atoms with van der Waals surface area (Å²) >= 11 is 0. The monoisotopic (exact) mass is 340 g/mol. The van der Waals surface area contributed by atoms with E-state index in [0.717, 1.165) is 42.2 Å². The van der Waals surface area contributed by atoms with Gasteiger partial charge in [0.15, 0.2) is 0 Å². The van der Waals surface area contributed by atoms with Crippen LogP contribution in [0.2, 0.25) is 0 Å². The number of hydrogen-bond acceptors (Lipinski definition) is 6. The maximum atomic E-state index is 4.74. The number of aromatic nitrogens is 4. The fourth-order valence-corrected chi connectivity index (χ4v) is 3.12. The van der Waals surface area contributed by atoms with Crippen LogP contribution in [0.25, 0.3) is 11.3 Å². The second-order valence-corrected chi connectivity index (χ2v) is 6.78. The molecule has 0 spiro atoms. The molecule has 2 N–H and O–H groups in total. The first kappa shape index (κ1) is 17.6. The molecule has 1 fully saturated rings. The molecule has 6 nitrogen and oxygen atoms in total. The van der Waals surface area contributed by atoms with E-state index in [0.29, 0.717) is 12.0 Å². The summed E-state index contributed by atoms with van der Waals surface area (Å²) in [5, 5.41) is 15.4. The van der Waals surface area contributed by atoms with E-state index < -0.39 is 0 Å². The van der Waals surface area contributed by atoms with Gasteiger partial charge in [0.25, 0.3) is 0 Å². The van der Waals surface area contributed by atoms with Crippen LogP contribution in [-0.2, 0) is 0 Å². The molecule has 0 atom stereocenters. The third kappa shape index (κ3) is 4.87. The van der Waals surface area contributed by atoms with Crippen molar-refractivity contribution in [2.75, 3.05) is 17.2 Å². The van der Waals surface area contributed by atoms with Gasteiger partial charge in [-0.15, -0.1) is 0 Å². The Morgan fingerprint density at radius 2 is 1.96 bits per heavy atom. The highest BCUT2D eigenvalue weighted by atomic mass is 15.2. The molecule has 0 unspecified atom stereocenters. The fourth-order valence-electron chi connectivity index (χ4n) is 3.12. The van der Waals surface area contributed by atoms with Gasteiger partial charge >= 0.3 is 0 Å². The Labute approximate surface area is 149 Å². The molecule has 0 aromatic carbocycles. The van der Waals surface area contributed by atoms with Crippen molar-refractivity contribution >= 4 is 11.8 Å². The summed E-state index contributed by atoms with van der Waals surface area (Å²) in [5.74, 6) is 1.54. The van der Waals surface area contributed by atoms with Gasteiger partial charge in [0.05, 0.1) is 17.0 Å². The zero-order chi connectivity index (χ0) is 17.5. The topological polar surface area (TPSA) is 75.6 Å². The Hall–Kier alpha value is -2.24. The molecular weight excluding hydrogens is 312 g/mol. The average Bonchev–Trinajstić information content (AvgIpc) is 2.64. The van der Waals surface area contributed by atoms with Crippen molar-refractivity contribution in [3.8, 4) is 11.3 Å². The normalized spacial score (nSPS) is 15.1. The first-order valence-electron chi connectivity index (χ1n) is 9.44. The van der Waals surface area contributed by atoms with Crippen molar-refractivity contribution in [2.45, 2.75) is 64.8 Å². The molecule has 0 saturated heterocycles. The molecule has 6 heteroatoms. The van der Waals surface area contributed by atoms with Crippen molar-refractivity contribution < 1.29 is 0 Å². The van der Waals surface area contributed by atoms with Crippen LogP contribution in [0.15, 0.2) is 18.3 Å². The lowest BCUT2D eigenvalue weighted by Gasteiger charge is -2.24. The molecule has 0 aliphatic heterocycles. The van der Waals surface area contributed by atoms with Crippen molar-refractivity contribution in [3.05, 3.63) is 24.0 Å². The molecule has 1 aliphatic carbocycles. The molecule has 0 amide bonds. The van der Waals surface area contributed by atoms with Crippen LogP contribution < -0.4 is 10.6 Å². The second kappa shape index (κ2) is 8.74. The van der Waals surface area contributed by atoms with Gasteiger partial charge in [0, 0.05) is 18.8 Å². The first-order chi connectivity index (χ1) is 12.3. The number of rotatable bonds is 7. The molecule has 134 valence electrons. The van der Waals surface area contributed by atoms with E-state index in [2.05, 4.69) is 32.7 Å². The summed E-state index contributed by atoms with van der Waals surface area (Å²) in [7, 11) is 0. The van der Waals surface area contributed by atoms with E-state index in [1.807, 2.05) is 25.3 Å². The van der Waals surface area contributed by atoms with E-state index in [-0.39, 0.29) is 0 Å². The van der Waals surface area contributed by atoms with Gasteiger partial charge in [0.1, 0.15) is 5.82 Å². The van der Waals surface area contributed by atoms with Crippen LogP contribution in [0, 0.1) is 6.92 Å². The quantitative estimate of drug-likeness (QED) is 0.736. The molecule has 0 bridgehead atoms. The van der Waals surface area contributed by atoms with Crippen LogP contribution in [0.1, 0.15) is 57.6 Å². The van der Waals surface area contributed by atoms with Crippen LogP contribution >= 0.6 is 0 Å². The Morgan fingerprint density at radius 1 is 1.12 bits per heavy atom. The summed E-state index contributed by atoms with van der Waals surface area (Å²) in [6.07, 6.45) is 10.4. The third-order valence-corrected chi connectivity index (χ3v) is 4.62. The lowest BCUT2D eigenvalue weighted by Crippen LogP contribution is -2.23. The number of anilines is 2. The highest BCUT2D eigenvalue weighted by molar-refractivity contribution is 5.72. The lowest BCUT2D eigenvalue weighted by atomic mass is 9.95. The minimum atomic E-state index is 0.476. The summed E-state index contributed by atoms with van der Waals surface area (Å²) < 4.78 is 0. The standard InChI is InChI=1S/C19H28N6/c1-3-4-12-20-19-21-13-16(17-11-10-14(2)24-25-17)18(23-19)22-15-8-6-5-7-9-15/h10-11,13,15H,3-9,12H2,1-2H3,(H2,20,21,22,23). The van der Waals surface area contributed by atoms with Gasteiger partial charge in [-0.05, 0) is 38.3 Å². The molecule has 2 aromatic rings. The highest BCUT2D eigenvalue weighted by Gasteiger charge is 2.17. The Balaban J connectivity index is 1.85. The Morgan fingerprint density at radius 3 is 2.68 bits per heavy atom. The number of unbranched alkanes of at least 4 members (excludes halogenated alkanes) is 1. The van der Waals surface area contributed by atoms with E-state index in [1.54, 1.807) is 0 Å². The Kier molecular flexibility index (Phi) is 6.14. The SMILES string of the molecule is CCCCNc1ncc(-c2ccc(C)nn2)c(NC2CCCCC2)n1. The molecule has 1 saturated carbocycles. The van der Waals surface area contributed by atoms with Crippen molar-refractivity contribution in [2.24, 2.45) is 0 Å². The first-order valence-corrected chi connectivity index (χ1v) is 9.44. The zero-order valence-corrected chi connectivity index (χ0v) is 15.3. The highest BCUT2D eigenvalue weighted by Crippen LogP contribution is 2.28. The van der Waals surface area contributed by atoms with Crippen molar-refractivity contribution in [3.63, 3.8) is 0 Å². The largest absolute Gasteiger partial charge is 0.367 e. The van der Waals surface area contributed by atoms with Gasteiger partial charge in [0.2, 0.25) is 5.95 Å². The van der Waals surface area contributed by atoms with Crippen LogP contribution in [0.4, 0.5) is 11.8 Å². The van der Waals surface area contributed by atoms with Gasteiger partial charge < -0.3 is 10.6 Å². The molecule has 0 radical (unpaired) electrons. The van der Waals surface area contributed by atoms with Crippen LogP contribution in [-0.4, -0.2) is 32.8 Å². The lowest BCUT2D eigenvalue weighted by molar-refractivity contribution is 0.462. The smallest absolute Gasteiger partial charge is 0.224 e. The predicted molar refractivity (Wildman–Crippen MR) is 102 cm³/mol.